The summed E-state index contributed by atoms with van der Waals surface area (Å²) in [5.41, 5.74) is 2.44. The fraction of sp³-hybridized carbons (Fsp3) is 0.250. The Morgan fingerprint density at radius 2 is 2.33 bits per heavy atom. The van der Waals surface area contributed by atoms with E-state index in [-0.39, 0.29) is 0 Å². The van der Waals surface area contributed by atoms with E-state index in [1.807, 2.05) is 13.0 Å². The van der Waals surface area contributed by atoms with Crippen LogP contribution in [0.15, 0.2) is 24.4 Å². The summed E-state index contributed by atoms with van der Waals surface area (Å²) in [4.78, 5) is 3.09. The Morgan fingerprint density at radius 3 is 3.00 bits per heavy atom. The van der Waals surface area contributed by atoms with Crippen molar-refractivity contribution in [3.63, 3.8) is 0 Å². The zero-order valence-corrected chi connectivity index (χ0v) is 8.49. The van der Waals surface area contributed by atoms with Crippen LogP contribution in [0.3, 0.4) is 0 Å². The molecule has 0 unspecified atom stereocenters. The van der Waals surface area contributed by atoms with Crippen molar-refractivity contribution in [1.82, 2.24) is 4.98 Å². The molecule has 76 valence electrons. The van der Waals surface area contributed by atoms with Gasteiger partial charge in [-0.2, -0.15) is 5.26 Å². The van der Waals surface area contributed by atoms with Crippen molar-refractivity contribution < 1.29 is 5.11 Å². The summed E-state index contributed by atoms with van der Waals surface area (Å²) in [5.74, 6) is 0. The maximum atomic E-state index is 9.78. The molecule has 2 N–H and O–H groups in total. The predicted molar refractivity (Wildman–Crippen MR) is 58.3 cm³/mol. The van der Waals surface area contributed by atoms with Crippen molar-refractivity contribution in [2.24, 2.45) is 0 Å². The van der Waals surface area contributed by atoms with Crippen LogP contribution in [-0.4, -0.2) is 10.1 Å². The van der Waals surface area contributed by atoms with Crippen LogP contribution in [0.4, 0.5) is 0 Å². The number of hydrogen-bond donors (Lipinski definition) is 2. The number of nitrogens with zero attached hydrogens (tertiary/aromatic N) is 1. The van der Waals surface area contributed by atoms with Gasteiger partial charge in [0.05, 0.1) is 17.7 Å². The van der Waals surface area contributed by atoms with E-state index in [1.165, 1.54) is 0 Å². The molecule has 0 saturated carbocycles. The largest absolute Gasteiger partial charge is 0.388 e. The third-order valence-corrected chi connectivity index (χ3v) is 2.59. The second-order valence-corrected chi connectivity index (χ2v) is 3.54. The van der Waals surface area contributed by atoms with Crippen LogP contribution in [0.5, 0.6) is 0 Å². The molecule has 1 aromatic carbocycles. The number of nitriles is 1. The van der Waals surface area contributed by atoms with Crippen LogP contribution in [-0.2, 0) is 0 Å². The molecule has 1 atom stereocenters. The number of nitrogens with one attached hydrogen (secondary N) is 1. The molecule has 1 heterocycles. The van der Waals surface area contributed by atoms with E-state index < -0.39 is 6.10 Å². The van der Waals surface area contributed by atoms with Gasteiger partial charge in [-0.05, 0) is 24.6 Å². The lowest BCUT2D eigenvalue weighted by molar-refractivity contribution is 0.175. The molecular weight excluding hydrogens is 188 g/mol. The monoisotopic (exact) mass is 200 g/mol. The number of rotatable bonds is 2. The summed E-state index contributed by atoms with van der Waals surface area (Å²) in [7, 11) is 0. The second kappa shape index (κ2) is 3.76. The lowest BCUT2D eigenvalue weighted by atomic mass is 10.0. The standard InChI is InChI=1S/C12H12N2O/c1-2-12(15)10-7-14-11-4-3-8(6-13)5-9(10)11/h3-5,7,12,14-15H,2H2,1H3/t12-/m0/s1. The first-order valence-electron chi connectivity index (χ1n) is 4.95. The Balaban J connectivity index is 2.62. The van der Waals surface area contributed by atoms with Crippen molar-refractivity contribution in [1.29, 1.82) is 5.26 Å². The molecule has 0 aliphatic carbocycles. The van der Waals surface area contributed by atoms with Crippen molar-refractivity contribution in [2.45, 2.75) is 19.4 Å². The molecule has 0 saturated heterocycles. The highest BCUT2D eigenvalue weighted by Gasteiger charge is 2.11. The highest BCUT2D eigenvalue weighted by atomic mass is 16.3. The maximum absolute atomic E-state index is 9.78. The van der Waals surface area contributed by atoms with Crippen molar-refractivity contribution in [3.8, 4) is 6.07 Å². The van der Waals surface area contributed by atoms with Crippen molar-refractivity contribution in [2.75, 3.05) is 0 Å². The Bertz CT molecular complexity index is 522. The van der Waals surface area contributed by atoms with Crippen LogP contribution < -0.4 is 0 Å². The minimum atomic E-state index is -0.465. The zero-order valence-electron chi connectivity index (χ0n) is 8.49. The summed E-state index contributed by atoms with van der Waals surface area (Å²) in [6, 6.07) is 7.53. The van der Waals surface area contributed by atoms with E-state index in [2.05, 4.69) is 11.1 Å². The van der Waals surface area contributed by atoms with Crippen LogP contribution in [0.25, 0.3) is 10.9 Å². The minimum Gasteiger partial charge on any atom is -0.388 e. The highest BCUT2D eigenvalue weighted by molar-refractivity contribution is 5.84. The number of fused-ring (bicyclic) bond motifs is 1. The van der Waals surface area contributed by atoms with Gasteiger partial charge in [0.2, 0.25) is 0 Å². The number of benzene rings is 1. The molecule has 2 aromatic rings. The van der Waals surface area contributed by atoms with Crippen LogP contribution in [0.2, 0.25) is 0 Å². The molecule has 0 radical (unpaired) electrons. The van der Waals surface area contributed by atoms with E-state index in [9.17, 15) is 5.11 Å². The van der Waals surface area contributed by atoms with Gasteiger partial charge in [-0.1, -0.05) is 6.92 Å². The van der Waals surface area contributed by atoms with Gasteiger partial charge in [0, 0.05) is 22.7 Å². The summed E-state index contributed by atoms with van der Waals surface area (Å²) in [6.45, 7) is 1.93. The smallest absolute Gasteiger partial charge is 0.0991 e. The number of aliphatic hydroxyl groups excluding tert-OH is 1. The number of aromatic nitrogens is 1. The van der Waals surface area contributed by atoms with Gasteiger partial charge in [-0.3, -0.25) is 0 Å². The molecule has 0 amide bonds. The highest BCUT2D eigenvalue weighted by Crippen LogP contribution is 2.26. The minimum absolute atomic E-state index is 0.465. The predicted octanol–water partition coefficient (Wildman–Crippen LogP) is 2.48. The molecule has 0 aliphatic rings. The molecule has 1 aromatic heterocycles. The third kappa shape index (κ3) is 1.60. The molecular formula is C12H12N2O. The first-order chi connectivity index (χ1) is 7.26. The zero-order chi connectivity index (χ0) is 10.8. The molecule has 0 aliphatic heterocycles. The number of aromatic amines is 1. The second-order valence-electron chi connectivity index (χ2n) is 3.54. The first-order valence-corrected chi connectivity index (χ1v) is 4.95. The summed E-state index contributed by atoms with van der Waals surface area (Å²) in [6.07, 6.45) is 2.01. The normalized spacial score (nSPS) is 12.6. The first kappa shape index (κ1) is 9.75. The van der Waals surface area contributed by atoms with E-state index in [1.54, 1.807) is 18.3 Å². The van der Waals surface area contributed by atoms with Crippen molar-refractivity contribution >= 4 is 10.9 Å². The van der Waals surface area contributed by atoms with Gasteiger partial charge in [0.15, 0.2) is 0 Å². The Kier molecular flexibility index (Phi) is 2.44. The average Bonchev–Trinajstić information content (AvgIpc) is 2.70. The van der Waals surface area contributed by atoms with E-state index in [0.29, 0.717) is 12.0 Å². The fourth-order valence-corrected chi connectivity index (χ4v) is 1.71. The SMILES string of the molecule is CC[C@H](O)c1c[nH]c2ccc(C#N)cc12. The molecule has 0 fully saturated rings. The van der Waals surface area contributed by atoms with Gasteiger partial charge >= 0.3 is 0 Å². The summed E-state index contributed by atoms with van der Waals surface area (Å²) in [5, 5.41) is 19.5. The molecule has 3 nitrogen and oxygen atoms in total. The molecule has 0 spiro atoms. The average molecular weight is 200 g/mol. The number of aliphatic hydroxyl groups is 1. The quantitative estimate of drug-likeness (QED) is 0.782. The molecule has 0 bridgehead atoms. The molecule has 15 heavy (non-hydrogen) atoms. The third-order valence-electron chi connectivity index (χ3n) is 2.59. The fourth-order valence-electron chi connectivity index (χ4n) is 1.71. The van der Waals surface area contributed by atoms with Crippen LogP contribution in [0, 0.1) is 11.3 Å². The lowest BCUT2D eigenvalue weighted by Crippen LogP contribution is -1.93. The van der Waals surface area contributed by atoms with E-state index in [0.717, 1.165) is 16.5 Å². The Hall–Kier alpha value is -1.79. The van der Waals surface area contributed by atoms with Gasteiger partial charge in [-0.15, -0.1) is 0 Å². The molecule has 3 heteroatoms. The van der Waals surface area contributed by atoms with E-state index >= 15 is 0 Å². The van der Waals surface area contributed by atoms with Gasteiger partial charge in [-0.25, -0.2) is 0 Å². The van der Waals surface area contributed by atoms with Gasteiger partial charge < -0.3 is 10.1 Å². The summed E-state index contributed by atoms with van der Waals surface area (Å²) < 4.78 is 0. The van der Waals surface area contributed by atoms with Gasteiger partial charge in [0.25, 0.3) is 0 Å². The molecule has 2 rings (SSSR count). The Morgan fingerprint density at radius 1 is 1.53 bits per heavy atom. The topological polar surface area (TPSA) is 59.8 Å². The van der Waals surface area contributed by atoms with Crippen molar-refractivity contribution in [3.05, 3.63) is 35.5 Å². The van der Waals surface area contributed by atoms with Crippen LogP contribution >= 0.6 is 0 Å². The number of hydrogen-bond acceptors (Lipinski definition) is 2. The van der Waals surface area contributed by atoms with Crippen LogP contribution in [0.1, 0.15) is 30.6 Å². The number of H-pyrrole nitrogens is 1. The van der Waals surface area contributed by atoms with E-state index in [4.69, 9.17) is 5.26 Å². The Labute approximate surface area is 88.0 Å². The summed E-state index contributed by atoms with van der Waals surface area (Å²) >= 11 is 0. The van der Waals surface area contributed by atoms with Gasteiger partial charge in [0.1, 0.15) is 0 Å². The lowest BCUT2D eigenvalue weighted by Gasteiger charge is -2.05. The maximum Gasteiger partial charge on any atom is 0.0991 e.